The molecule has 0 spiro atoms. The molecule has 0 bridgehead atoms. The van der Waals surface area contributed by atoms with Gasteiger partial charge in [-0.3, -0.25) is 4.79 Å². The Bertz CT molecular complexity index is 915. The Hall–Kier alpha value is -2.22. The van der Waals surface area contributed by atoms with E-state index in [-0.39, 0.29) is 27.8 Å². The fraction of sp³-hybridized carbons (Fsp3) is 0.167. The predicted octanol–water partition coefficient (Wildman–Crippen LogP) is 3.43. The summed E-state index contributed by atoms with van der Waals surface area (Å²) in [6.45, 7) is 5.22. The Balaban J connectivity index is 2.23. The van der Waals surface area contributed by atoms with Crippen LogP contribution in [-0.2, 0) is 10.0 Å². The predicted molar refractivity (Wildman–Crippen MR) is 99.1 cm³/mol. The molecule has 0 heterocycles. The van der Waals surface area contributed by atoms with Crippen molar-refractivity contribution in [3.8, 4) is 0 Å². The molecule has 0 aliphatic rings. The number of sulfonamides is 1. The van der Waals surface area contributed by atoms with E-state index in [9.17, 15) is 17.6 Å². The molecule has 0 aliphatic carbocycles. The van der Waals surface area contributed by atoms with E-state index in [2.05, 4.69) is 16.6 Å². The van der Waals surface area contributed by atoms with E-state index in [4.69, 9.17) is 11.6 Å². The minimum atomic E-state index is -3.87. The number of benzene rings is 2. The Morgan fingerprint density at radius 2 is 1.92 bits per heavy atom. The van der Waals surface area contributed by atoms with Crippen LogP contribution in [0, 0.1) is 5.82 Å². The smallest absolute Gasteiger partial charge is 0.251 e. The van der Waals surface area contributed by atoms with E-state index in [0.29, 0.717) is 5.56 Å². The Labute approximate surface area is 156 Å². The molecular formula is C18H18ClFN2O3S. The molecular weight excluding hydrogens is 379 g/mol. The number of carbonyl (C=O) groups excluding carboxylic acids is 1. The molecule has 0 saturated heterocycles. The summed E-state index contributed by atoms with van der Waals surface area (Å²) in [7, 11) is -3.87. The van der Waals surface area contributed by atoms with Gasteiger partial charge in [-0.15, -0.1) is 6.58 Å². The van der Waals surface area contributed by atoms with Gasteiger partial charge >= 0.3 is 0 Å². The molecule has 0 aromatic heterocycles. The van der Waals surface area contributed by atoms with Crippen LogP contribution in [0.2, 0.25) is 5.02 Å². The second-order valence-corrected chi connectivity index (χ2v) is 7.68. The fourth-order valence-electron chi connectivity index (χ4n) is 2.21. The highest BCUT2D eigenvalue weighted by Gasteiger charge is 2.20. The molecule has 8 heteroatoms. The van der Waals surface area contributed by atoms with E-state index in [1.165, 1.54) is 36.4 Å². The molecule has 1 amide bonds. The summed E-state index contributed by atoms with van der Waals surface area (Å²) in [4.78, 5) is 12.2. The number of hydrogen-bond donors (Lipinski definition) is 2. The maximum absolute atomic E-state index is 13.0. The highest BCUT2D eigenvalue weighted by Crippen LogP contribution is 2.23. The third-order valence-corrected chi connectivity index (χ3v) is 5.52. The number of hydrogen-bond acceptors (Lipinski definition) is 3. The SMILES string of the molecule is C=CCNS(=O)(=O)c1cc(C(=O)N[C@H](C)c2ccc(F)cc2)ccc1Cl. The lowest BCUT2D eigenvalue weighted by Crippen LogP contribution is -2.28. The lowest BCUT2D eigenvalue weighted by atomic mass is 10.1. The van der Waals surface area contributed by atoms with Gasteiger partial charge in [-0.25, -0.2) is 17.5 Å². The van der Waals surface area contributed by atoms with Gasteiger partial charge < -0.3 is 5.32 Å². The van der Waals surface area contributed by atoms with E-state index in [0.717, 1.165) is 0 Å². The topological polar surface area (TPSA) is 75.3 Å². The minimum Gasteiger partial charge on any atom is -0.346 e. The summed E-state index contributed by atoms with van der Waals surface area (Å²) < 4.78 is 39.8. The third kappa shape index (κ3) is 4.91. The second-order valence-electron chi connectivity index (χ2n) is 5.53. The van der Waals surface area contributed by atoms with E-state index >= 15 is 0 Å². The van der Waals surface area contributed by atoms with Crippen LogP contribution in [0.1, 0.15) is 28.9 Å². The van der Waals surface area contributed by atoms with Crippen molar-refractivity contribution in [1.82, 2.24) is 10.0 Å². The van der Waals surface area contributed by atoms with Crippen LogP contribution in [0.15, 0.2) is 60.0 Å². The van der Waals surface area contributed by atoms with Gasteiger partial charge in [0.05, 0.1) is 11.1 Å². The highest BCUT2D eigenvalue weighted by molar-refractivity contribution is 7.89. The average Bonchev–Trinajstić information content (AvgIpc) is 2.60. The summed E-state index contributed by atoms with van der Waals surface area (Å²) >= 11 is 5.97. The van der Waals surface area contributed by atoms with Crippen molar-refractivity contribution in [1.29, 1.82) is 0 Å². The summed E-state index contributed by atoms with van der Waals surface area (Å²) in [5.41, 5.74) is 0.858. The van der Waals surface area contributed by atoms with Gasteiger partial charge in [0.1, 0.15) is 10.7 Å². The van der Waals surface area contributed by atoms with Crippen molar-refractivity contribution in [3.63, 3.8) is 0 Å². The average molecular weight is 397 g/mol. The molecule has 26 heavy (non-hydrogen) atoms. The monoisotopic (exact) mass is 396 g/mol. The van der Waals surface area contributed by atoms with Crippen molar-refractivity contribution < 1.29 is 17.6 Å². The second kappa shape index (κ2) is 8.44. The van der Waals surface area contributed by atoms with Crippen LogP contribution in [0.5, 0.6) is 0 Å². The lowest BCUT2D eigenvalue weighted by Gasteiger charge is -2.15. The molecule has 0 saturated carbocycles. The van der Waals surface area contributed by atoms with Gasteiger partial charge in [-0.05, 0) is 42.8 Å². The molecule has 2 N–H and O–H groups in total. The normalized spacial score (nSPS) is 12.4. The van der Waals surface area contributed by atoms with E-state index in [1.54, 1.807) is 19.1 Å². The molecule has 5 nitrogen and oxygen atoms in total. The van der Waals surface area contributed by atoms with Crippen LogP contribution < -0.4 is 10.0 Å². The Kier molecular flexibility index (Phi) is 6.52. The molecule has 0 aliphatic heterocycles. The first-order chi connectivity index (χ1) is 12.2. The summed E-state index contributed by atoms with van der Waals surface area (Å²) in [6, 6.07) is 9.34. The number of carbonyl (C=O) groups is 1. The zero-order valence-corrected chi connectivity index (χ0v) is 15.6. The standard InChI is InChI=1S/C18H18ClFN2O3S/c1-3-10-21-26(24,25)17-11-14(6-9-16(17)19)18(23)22-12(2)13-4-7-15(20)8-5-13/h3-9,11-12,21H,1,10H2,2H3,(H,22,23)/t12-/m1/s1. The van der Waals surface area contributed by atoms with Crippen LogP contribution >= 0.6 is 11.6 Å². The first-order valence-electron chi connectivity index (χ1n) is 7.71. The number of nitrogens with one attached hydrogen (secondary N) is 2. The molecule has 0 radical (unpaired) electrons. The van der Waals surface area contributed by atoms with Crippen molar-refractivity contribution in [3.05, 3.63) is 77.1 Å². The quantitative estimate of drug-likeness (QED) is 0.704. The van der Waals surface area contributed by atoms with E-state index < -0.39 is 22.0 Å². The first-order valence-corrected chi connectivity index (χ1v) is 9.57. The summed E-state index contributed by atoms with van der Waals surface area (Å²) in [5, 5.41) is 2.74. The molecule has 0 unspecified atom stereocenters. The Morgan fingerprint density at radius 1 is 1.27 bits per heavy atom. The van der Waals surface area contributed by atoms with Gasteiger partial charge in [0.25, 0.3) is 5.91 Å². The molecule has 1 atom stereocenters. The number of halogens is 2. The van der Waals surface area contributed by atoms with Crippen molar-refractivity contribution >= 4 is 27.5 Å². The van der Waals surface area contributed by atoms with Crippen molar-refractivity contribution in [2.24, 2.45) is 0 Å². The molecule has 138 valence electrons. The maximum atomic E-state index is 13.0. The molecule has 2 aromatic rings. The first kappa shape index (κ1) is 20.1. The maximum Gasteiger partial charge on any atom is 0.251 e. The molecule has 2 rings (SSSR count). The number of amides is 1. The Morgan fingerprint density at radius 3 is 2.54 bits per heavy atom. The zero-order chi connectivity index (χ0) is 19.3. The van der Waals surface area contributed by atoms with Gasteiger partial charge in [0.15, 0.2) is 0 Å². The van der Waals surface area contributed by atoms with Gasteiger partial charge in [0, 0.05) is 12.1 Å². The summed E-state index contributed by atoms with van der Waals surface area (Å²) in [6.07, 6.45) is 1.40. The van der Waals surface area contributed by atoms with Crippen LogP contribution in [-0.4, -0.2) is 20.9 Å². The molecule has 0 fully saturated rings. The zero-order valence-electron chi connectivity index (χ0n) is 14.0. The van der Waals surface area contributed by atoms with E-state index in [1.807, 2.05) is 0 Å². The molecule has 2 aromatic carbocycles. The van der Waals surface area contributed by atoms with Crippen LogP contribution in [0.4, 0.5) is 4.39 Å². The largest absolute Gasteiger partial charge is 0.346 e. The van der Waals surface area contributed by atoms with Gasteiger partial charge in [-0.2, -0.15) is 0 Å². The van der Waals surface area contributed by atoms with Crippen LogP contribution in [0.25, 0.3) is 0 Å². The highest BCUT2D eigenvalue weighted by atomic mass is 35.5. The third-order valence-electron chi connectivity index (χ3n) is 3.62. The summed E-state index contributed by atoms with van der Waals surface area (Å²) in [5.74, 6) is -0.842. The van der Waals surface area contributed by atoms with Crippen LogP contribution in [0.3, 0.4) is 0 Å². The number of rotatable bonds is 7. The fourth-order valence-corrected chi connectivity index (χ4v) is 3.73. The van der Waals surface area contributed by atoms with Gasteiger partial charge in [-0.1, -0.05) is 29.8 Å². The van der Waals surface area contributed by atoms with Crippen molar-refractivity contribution in [2.75, 3.05) is 6.54 Å². The minimum absolute atomic E-state index is 0.00435. The lowest BCUT2D eigenvalue weighted by molar-refractivity contribution is 0.0939. The van der Waals surface area contributed by atoms with Crippen molar-refractivity contribution in [2.45, 2.75) is 17.9 Å². The van der Waals surface area contributed by atoms with Gasteiger partial charge in [0.2, 0.25) is 10.0 Å².